The van der Waals surface area contributed by atoms with Gasteiger partial charge >= 0.3 is 0 Å². The van der Waals surface area contributed by atoms with Gasteiger partial charge in [-0.05, 0) is 57.1 Å². The number of aliphatic hydroxyl groups excluding tert-OH is 1. The summed E-state index contributed by atoms with van der Waals surface area (Å²) >= 11 is 0. The number of ketones is 1. The summed E-state index contributed by atoms with van der Waals surface area (Å²) in [5.74, 6) is 0.0187. The van der Waals surface area contributed by atoms with E-state index in [0.29, 0.717) is 27.7 Å². The van der Waals surface area contributed by atoms with Crippen LogP contribution < -0.4 is 0 Å². The van der Waals surface area contributed by atoms with Crippen LogP contribution in [-0.4, -0.2) is 38.6 Å². The first-order chi connectivity index (χ1) is 22.3. The second-order valence-corrected chi connectivity index (χ2v) is 13.7. The van der Waals surface area contributed by atoms with Crippen LogP contribution in [-0.2, 0) is 30.3 Å². The maximum absolute atomic E-state index is 13.3. The van der Waals surface area contributed by atoms with Crippen molar-refractivity contribution in [1.29, 1.82) is 0 Å². The Morgan fingerprint density at radius 1 is 0.875 bits per heavy atom. The predicted octanol–water partition coefficient (Wildman–Crippen LogP) is 10.0. The average Bonchev–Trinajstić information content (AvgIpc) is 3.03. The number of imide groups is 1. The van der Waals surface area contributed by atoms with Crippen LogP contribution in [0.25, 0.3) is 32.9 Å². The number of carbonyl (C=O) groups is 3. The molecule has 1 radical (unpaired) electrons. The van der Waals surface area contributed by atoms with Crippen molar-refractivity contribution >= 4 is 39.3 Å². The molecule has 0 saturated carbocycles. The fraction of sp³-hybridized carbons (Fsp3) is 0.415. The van der Waals surface area contributed by atoms with Crippen molar-refractivity contribution in [2.24, 2.45) is 11.8 Å². The minimum absolute atomic E-state index is 0. The Hall–Kier alpha value is -3.67. The summed E-state index contributed by atoms with van der Waals surface area (Å²) in [5, 5.41) is 12.6. The van der Waals surface area contributed by atoms with Gasteiger partial charge in [0.05, 0.1) is 16.8 Å². The Labute approximate surface area is 299 Å². The van der Waals surface area contributed by atoms with Crippen LogP contribution in [0.15, 0.2) is 66.4 Å². The van der Waals surface area contributed by atoms with E-state index >= 15 is 0 Å². The summed E-state index contributed by atoms with van der Waals surface area (Å²) in [7, 11) is 0. The number of pyridine rings is 1. The molecule has 1 aliphatic rings. The van der Waals surface area contributed by atoms with Crippen molar-refractivity contribution in [3.05, 3.63) is 89.2 Å². The molecule has 48 heavy (non-hydrogen) atoms. The molecule has 6 nitrogen and oxygen atoms in total. The number of carbonyl (C=O) groups excluding carboxylic acids is 3. The van der Waals surface area contributed by atoms with Gasteiger partial charge < -0.3 is 5.11 Å². The van der Waals surface area contributed by atoms with Gasteiger partial charge in [-0.15, -0.1) is 29.1 Å². The largest absolute Gasteiger partial charge is 0.512 e. The summed E-state index contributed by atoms with van der Waals surface area (Å²) < 4.78 is 0. The van der Waals surface area contributed by atoms with E-state index in [-0.39, 0.29) is 66.8 Å². The van der Waals surface area contributed by atoms with Gasteiger partial charge in [-0.3, -0.25) is 24.3 Å². The number of aliphatic hydroxyl groups is 1. The molecule has 0 aliphatic carbocycles. The molecule has 2 amide bonds. The van der Waals surface area contributed by atoms with Crippen LogP contribution in [0.5, 0.6) is 0 Å². The summed E-state index contributed by atoms with van der Waals surface area (Å²) in [6, 6.07) is 20.9. The van der Waals surface area contributed by atoms with E-state index in [4.69, 9.17) is 4.98 Å². The molecule has 3 aromatic carbocycles. The Morgan fingerprint density at radius 3 is 2.06 bits per heavy atom. The number of allylic oxidation sites excluding steroid dienone is 2. The van der Waals surface area contributed by atoms with Gasteiger partial charge in [-0.25, -0.2) is 0 Å². The zero-order chi connectivity index (χ0) is 34.6. The van der Waals surface area contributed by atoms with E-state index in [0.717, 1.165) is 36.6 Å². The Morgan fingerprint density at radius 2 is 1.48 bits per heavy atom. The SMILES string of the molecule is CC(C)N1C(=O)c2cccc3nc(-c4[c-]c5ccccc5c(C(C)(C)C)c4)cc(c23)C1=O.CCC(CC)C(=O)/C=C(\O)C(CC)CC.[Ir]. The molecule has 0 bridgehead atoms. The zero-order valence-electron chi connectivity index (χ0n) is 29.7. The third kappa shape index (κ3) is 7.96. The van der Waals surface area contributed by atoms with E-state index in [9.17, 15) is 19.5 Å². The van der Waals surface area contributed by atoms with Crippen molar-refractivity contribution in [3.63, 3.8) is 0 Å². The van der Waals surface area contributed by atoms with Crippen LogP contribution in [0.2, 0.25) is 0 Å². The average molecular weight is 826 g/mol. The van der Waals surface area contributed by atoms with Gasteiger partial charge in [0.25, 0.3) is 11.8 Å². The first-order valence-electron chi connectivity index (χ1n) is 17.0. The van der Waals surface area contributed by atoms with E-state index in [2.05, 4.69) is 45.0 Å². The van der Waals surface area contributed by atoms with Gasteiger partial charge in [-0.1, -0.05) is 89.7 Å². The molecule has 1 N–H and O–H groups in total. The van der Waals surface area contributed by atoms with Crippen molar-refractivity contribution in [2.45, 2.75) is 99.5 Å². The summed E-state index contributed by atoms with van der Waals surface area (Å²) in [4.78, 5) is 44.2. The molecular formula is C41H49IrN2O4-. The summed E-state index contributed by atoms with van der Waals surface area (Å²) in [6.07, 6.45) is 4.91. The van der Waals surface area contributed by atoms with Gasteiger partial charge in [0.1, 0.15) is 0 Å². The number of rotatable bonds is 9. The smallest absolute Gasteiger partial charge is 0.261 e. The number of hydrogen-bond acceptors (Lipinski definition) is 5. The predicted molar refractivity (Wildman–Crippen MR) is 192 cm³/mol. The minimum atomic E-state index is -0.269. The molecular weight excluding hydrogens is 777 g/mol. The minimum Gasteiger partial charge on any atom is -0.512 e. The number of amides is 2. The first-order valence-corrected chi connectivity index (χ1v) is 17.0. The fourth-order valence-electron chi connectivity index (χ4n) is 6.36. The number of hydrogen-bond donors (Lipinski definition) is 1. The quantitative estimate of drug-likeness (QED) is 0.0786. The van der Waals surface area contributed by atoms with Crippen molar-refractivity contribution in [2.75, 3.05) is 0 Å². The number of aromatic nitrogens is 1. The van der Waals surface area contributed by atoms with Crippen molar-refractivity contribution in [3.8, 4) is 11.3 Å². The van der Waals surface area contributed by atoms with Crippen molar-refractivity contribution in [1.82, 2.24) is 9.88 Å². The molecule has 0 fully saturated rings. The van der Waals surface area contributed by atoms with Gasteiger partial charge in [-0.2, -0.15) is 0 Å². The van der Waals surface area contributed by atoms with Crippen LogP contribution in [0.3, 0.4) is 0 Å². The van der Waals surface area contributed by atoms with E-state index < -0.39 is 0 Å². The molecule has 1 aromatic heterocycles. The van der Waals surface area contributed by atoms with E-state index in [1.807, 2.05) is 71.9 Å². The van der Waals surface area contributed by atoms with E-state index in [1.54, 1.807) is 6.07 Å². The first kappa shape index (κ1) is 38.8. The second-order valence-electron chi connectivity index (χ2n) is 13.7. The molecule has 0 spiro atoms. The van der Waals surface area contributed by atoms with E-state index in [1.165, 1.54) is 21.9 Å². The third-order valence-electron chi connectivity index (χ3n) is 9.19. The van der Waals surface area contributed by atoms with Crippen LogP contribution in [0.1, 0.15) is 114 Å². The van der Waals surface area contributed by atoms with Crippen molar-refractivity contribution < 1.29 is 39.6 Å². The van der Waals surface area contributed by atoms with Crippen LogP contribution >= 0.6 is 0 Å². The number of fused-ring (bicyclic) bond motifs is 1. The molecule has 0 unspecified atom stereocenters. The molecule has 1 aliphatic heterocycles. The fourth-order valence-corrected chi connectivity index (χ4v) is 6.36. The molecule has 4 aromatic rings. The normalized spacial score (nSPS) is 13.3. The van der Waals surface area contributed by atoms with Gasteiger partial charge in [0, 0.05) is 60.7 Å². The zero-order valence-corrected chi connectivity index (χ0v) is 32.1. The summed E-state index contributed by atoms with van der Waals surface area (Å²) in [6.45, 7) is 18.4. The number of benzene rings is 3. The monoisotopic (exact) mass is 826 g/mol. The molecule has 7 heteroatoms. The number of nitrogens with zero attached hydrogens (tertiary/aromatic N) is 2. The molecule has 0 saturated heterocycles. The Balaban J connectivity index is 0.000000334. The van der Waals surface area contributed by atoms with Crippen LogP contribution in [0, 0.1) is 17.9 Å². The molecule has 0 atom stereocenters. The molecule has 2 heterocycles. The third-order valence-corrected chi connectivity index (χ3v) is 9.19. The Bertz CT molecular complexity index is 1830. The van der Waals surface area contributed by atoms with Gasteiger partial charge in [0.2, 0.25) is 0 Å². The van der Waals surface area contributed by atoms with Gasteiger partial charge in [0.15, 0.2) is 5.78 Å². The standard InChI is InChI=1S/C28H25N2O2.C13H24O2.Ir/c1-16(2)30-26(31)20-11-8-12-23-25(20)21(27(30)32)15-24(29-23)18-13-17-9-6-7-10-19(17)22(14-18)28(3,4)5;1-5-10(6-2)12(14)9-13(15)11(7-3)8-4;/h6-12,14-16H,1-5H3;9-11,14H,5-8H2,1-4H3;/q-1;;/b;12-9-;. The van der Waals surface area contributed by atoms with Crippen LogP contribution in [0.4, 0.5) is 0 Å². The molecule has 257 valence electrons. The maximum Gasteiger partial charge on any atom is 0.261 e. The Kier molecular flexibility index (Phi) is 13.0. The maximum atomic E-state index is 13.3. The molecule has 5 rings (SSSR count). The second kappa shape index (κ2) is 16.2. The topological polar surface area (TPSA) is 87.6 Å². The summed E-state index contributed by atoms with van der Waals surface area (Å²) in [5.41, 5.74) is 4.37.